The lowest BCUT2D eigenvalue weighted by Crippen LogP contribution is -2.35. The lowest BCUT2D eigenvalue weighted by molar-refractivity contribution is 0.357. The molecule has 0 spiro atoms. The Labute approximate surface area is 352 Å². The molecule has 0 atom stereocenters. The third-order valence-corrected chi connectivity index (χ3v) is 21.6. The Balaban J connectivity index is 1.54. The fourth-order valence-corrected chi connectivity index (χ4v) is 19.1. The third-order valence-electron chi connectivity index (χ3n) is 10.4. The van der Waals surface area contributed by atoms with Crippen molar-refractivity contribution in [3.8, 4) is 46.0 Å². The summed E-state index contributed by atoms with van der Waals surface area (Å²) in [5.41, 5.74) is 0. The monoisotopic (exact) mass is 856 g/mol. The number of hydrogen-bond donors (Lipinski definition) is 0. The summed E-state index contributed by atoms with van der Waals surface area (Å²) in [6.07, 6.45) is 4.92. The second kappa shape index (κ2) is 25.0. The van der Waals surface area contributed by atoms with E-state index in [1.165, 1.54) is 70.6 Å². The molecule has 0 fully saturated rings. The van der Waals surface area contributed by atoms with Crippen LogP contribution in [0.15, 0.2) is 72.8 Å². The standard InChI is InChI=1S/C44H60O8Si5/c1-45-33-17-9-21-37(41(33)49-5)53-25-13-29-57(30-14-26-54-38-22-10-18-34(46-2)42(38)50-6,31-15-27-55-39-23-11-19-35(47-3)43(39)51-7)32-16-28-56-40-24-12-20-36(48-4)44(40)52-8/h9-12,17-24H,13-16,25-32H2,1-8H3. The van der Waals surface area contributed by atoms with Crippen molar-refractivity contribution in [2.45, 2.75) is 74.0 Å². The normalized spacial score (nSPS) is 11.2. The zero-order valence-electron chi connectivity index (χ0n) is 35.2. The lowest BCUT2D eigenvalue weighted by atomic mass is 10.3. The molecule has 13 heteroatoms. The zero-order chi connectivity index (χ0) is 40.9. The summed E-state index contributed by atoms with van der Waals surface area (Å²) >= 11 is 0. The highest BCUT2D eigenvalue weighted by molar-refractivity contribution is 6.80. The molecule has 4 aromatic carbocycles. The van der Waals surface area contributed by atoms with E-state index in [0.29, 0.717) is 38.1 Å². The van der Waals surface area contributed by atoms with Crippen LogP contribution in [0.4, 0.5) is 0 Å². The second-order valence-electron chi connectivity index (χ2n) is 13.8. The van der Waals surface area contributed by atoms with Crippen molar-refractivity contribution in [2.24, 2.45) is 0 Å². The van der Waals surface area contributed by atoms with Gasteiger partial charge in [0.15, 0.2) is 46.0 Å². The zero-order valence-corrected chi connectivity index (χ0v) is 40.2. The van der Waals surface area contributed by atoms with Crippen molar-refractivity contribution in [1.29, 1.82) is 0 Å². The third kappa shape index (κ3) is 13.2. The van der Waals surface area contributed by atoms with E-state index in [2.05, 4.69) is 48.5 Å². The van der Waals surface area contributed by atoms with Crippen LogP contribution in [-0.2, 0) is 0 Å². The molecule has 0 heterocycles. The van der Waals surface area contributed by atoms with Gasteiger partial charge in [0.05, 0.1) is 103 Å². The molecule has 4 rings (SSSR count). The van der Waals surface area contributed by atoms with Gasteiger partial charge in [0.1, 0.15) is 0 Å². The Morgan fingerprint density at radius 3 is 0.754 bits per heavy atom. The Hall–Kier alpha value is -3.64. The minimum atomic E-state index is -1.71. The van der Waals surface area contributed by atoms with E-state index in [9.17, 15) is 0 Å². The fraction of sp³-hybridized carbons (Fsp3) is 0.455. The first-order chi connectivity index (χ1) is 27.9. The second-order valence-corrected chi connectivity index (χ2v) is 24.4. The number of para-hydroxylation sites is 4. The van der Waals surface area contributed by atoms with Crippen molar-refractivity contribution in [2.75, 3.05) is 56.9 Å². The first kappa shape index (κ1) is 46.1. The quantitative estimate of drug-likeness (QED) is 0.0454. The summed E-state index contributed by atoms with van der Waals surface area (Å²) in [5, 5.41) is 5.00. The average molecular weight is 857 g/mol. The summed E-state index contributed by atoms with van der Waals surface area (Å²) in [6, 6.07) is 35.0. The molecule has 8 radical (unpaired) electrons. The van der Waals surface area contributed by atoms with E-state index in [0.717, 1.165) is 70.2 Å². The van der Waals surface area contributed by atoms with Crippen molar-refractivity contribution < 1.29 is 37.9 Å². The molecule has 57 heavy (non-hydrogen) atoms. The van der Waals surface area contributed by atoms with E-state index >= 15 is 0 Å². The number of ether oxygens (including phenoxy) is 8. The molecule has 0 saturated carbocycles. The largest absolute Gasteiger partial charge is 0.493 e. The average Bonchev–Trinajstić information content (AvgIpc) is 3.25. The molecular weight excluding hydrogens is 797 g/mol. The van der Waals surface area contributed by atoms with Crippen molar-refractivity contribution in [3.05, 3.63) is 72.8 Å². The highest BCUT2D eigenvalue weighted by Gasteiger charge is 2.31. The summed E-state index contributed by atoms with van der Waals surface area (Å²) in [4.78, 5) is 0. The molecule has 0 bridgehead atoms. The summed E-state index contributed by atoms with van der Waals surface area (Å²) in [7, 11) is 14.8. The first-order valence-corrected chi connectivity index (χ1v) is 27.4. The number of rotatable bonds is 28. The molecule has 4 aromatic rings. The maximum Gasteiger partial charge on any atom is 0.160 e. The predicted octanol–water partition coefficient (Wildman–Crippen LogP) is 6.86. The Bertz CT molecular complexity index is 1530. The molecule has 0 aliphatic rings. The minimum Gasteiger partial charge on any atom is -0.493 e. The van der Waals surface area contributed by atoms with Gasteiger partial charge in [-0.3, -0.25) is 0 Å². The van der Waals surface area contributed by atoms with Gasteiger partial charge in [-0.2, -0.15) is 0 Å². The highest BCUT2D eigenvalue weighted by Crippen LogP contribution is 2.35. The van der Waals surface area contributed by atoms with Crippen LogP contribution in [0.1, 0.15) is 25.7 Å². The van der Waals surface area contributed by atoms with Gasteiger partial charge in [0.25, 0.3) is 0 Å². The topological polar surface area (TPSA) is 73.8 Å². The van der Waals surface area contributed by atoms with Gasteiger partial charge < -0.3 is 37.9 Å². The molecule has 0 saturated heterocycles. The molecule has 0 aliphatic heterocycles. The molecule has 0 aromatic heterocycles. The van der Waals surface area contributed by atoms with Crippen LogP contribution in [0, 0.1) is 0 Å². The number of benzene rings is 4. The SMILES string of the molecule is COc1cccc([Si]CCC[Si](CCC[Si]c2cccc(OC)c2OC)(CCC[Si]c2cccc(OC)c2OC)CCC[Si]c2cccc(OC)c2OC)c1OC. The van der Waals surface area contributed by atoms with Crippen molar-refractivity contribution >= 4 is 66.9 Å². The van der Waals surface area contributed by atoms with E-state index in [4.69, 9.17) is 37.9 Å². The lowest BCUT2D eigenvalue weighted by Gasteiger charge is -2.33. The Kier molecular flexibility index (Phi) is 20.2. The Morgan fingerprint density at radius 2 is 0.561 bits per heavy atom. The molecule has 0 unspecified atom stereocenters. The number of methoxy groups -OCH3 is 8. The van der Waals surface area contributed by atoms with Gasteiger partial charge in [-0.25, -0.2) is 0 Å². The first-order valence-electron chi connectivity index (χ1n) is 19.7. The van der Waals surface area contributed by atoms with Crippen molar-refractivity contribution in [1.82, 2.24) is 0 Å². The van der Waals surface area contributed by atoms with Gasteiger partial charge >= 0.3 is 0 Å². The summed E-state index contributed by atoms with van der Waals surface area (Å²) < 4.78 is 45.7. The predicted molar refractivity (Wildman–Crippen MR) is 242 cm³/mol. The minimum absolute atomic E-state index is 0.681. The fourth-order valence-electron chi connectivity index (χ4n) is 7.60. The van der Waals surface area contributed by atoms with E-state index in [1.54, 1.807) is 56.9 Å². The molecule has 304 valence electrons. The van der Waals surface area contributed by atoms with Crippen LogP contribution in [0.3, 0.4) is 0 Å². The summed E-state index contributed by atoms with van der Waals surface area (Å²) in [5.74, 6) is 6.72. The van der Waals surface area contributed by atoms with Crippen LogP contribution in [0.25, 0.3) is 0 Å². The van der Waals surface area contributed by atoms with Gasteiger partial charge in [0.2, 0.25) is 0 Å². The molecule has 0 aliphatic carbocycles. The smallest absolute Gasteiger partial charge is 0.160 e. The number of hydrogen-bond acceptors (Lipinski definition) is 8. The van der Waals surface area contributed by atoms with Gasteiger partial charge in [0, 0.05) is 0 Å². The van der Waals surface area contributed by atoms with Gasteiger partial charge in [-0.15, -0.1) is 0 Å². The van der Waals surface area contributed by atoms with Gasteiger partial charge in [-0.05, 0) is 45.0 Å². The molecular formula is C44H60O8Si5. The van der Waals surface area contributed by atoms with Crippen LogP contribution in [-0.4, -0.2) is 103 Å². The molecule has 0 amide bonds. The molecule has 8 nitrogen and oxygen atoms in total. The van der Waals surface area contributed by atoms with E-state index in [1.807, 2.05) is 24.3 Å². The van der Waals surface area contributed by atoms with E-state index < -0.39 is 8.07 Å². The highest BCUT2D eigenvalue weighted by atomic mass is 28.3. The van der Waals surface area contributed by atoms with E-state index in [-0.39, 0.29) is 0 Å². The summed E-state index contributed by atoms with van der Waals surface area (Å²) in [6.45, 7) is 0. The van der Waals surface area contributed by atoms with Crippen LogP contribution in [0.2, 0.25) is 48.4 Å². The van der Waals surface area contributed by atoms with Crippen LogP contribution >= 0.6 is 0 Å². The van der Waals surface area contributed by atoms with Gasteiger partial charge in [-0.1, -0.05) is 123 Å². The molecule has 0 N–H and O–H groups in total. The van der Waals surface area contributed by atoms with Crippen LogP contribution < -0.4 is 58.6 Å². The maximum absolute atomic E-state index is 5.81. The Morgan fingerprint density at radius 1 is 0.333 bits per heavy atom. The van der Waals surface area contributed by atoms with Crippen LogP contribution in [0.5, 0.6) is 46.0 Å². The van der Waals surface area contributed by atoms with Crippen molar-refractivity contribution in [3.63, 3.8) is 0 Å². The maximum atomic E-state index is 5.81.